The van der Waals surface area contributed by atoms with Gasteiger partial charge in [-0.25, -0.2) is 8.42 Å². The Hall–Kier alpha value is -2.01. The Labute approximate surface area is 126 Å². The topological polar surface area (TPSA) is 63.4 Å². The summed E-state index contributed by atoms with van der Waals surface area (Å²) in [5, 5.41) is 0. The molecule has 2 rings (SSSR count). The number of hydrogen-bond acceptors (Lipinski definition) is 3. The number of hydrogen-bond donors (Lipinski definition) is 1. The third kappa shape index (κ3) is 3.03. The largest absolute Gasteiger partial charge is 0.399 e. The van der Waals surface area contributed by atoms with Gasteiger partial charge in [0.25, 0.3) is 10.0 Å². The van der Waals surface area contributed by atoms with Gasteiger partial charge < -0.3 is 5.73 Å². The molecule has 0 atom stereocenters. The lowest BCUT2D eigenvalue weighted by Crippen LogP contribution is -2.31. The van der Waals surface area contributed by atoms with Crippen molar-refractivity contribution in [1.82, 2.24) is 0 Å². The van der Waals surface area contributed by atoms with E-state index in [2.05, 4.69) is 0 Å². The maximum absolute atomic E-state index is 12.9. The molecule has 5 heteroatoms. The highest BCUT2D eigenvalue weighted by atomic mass is 32.2. The maximum atomic E-state index is 12.9. The average Bonchev–Trinajstić information content (AvgIpc) is 2.42. The van der Waals surface area contributed by atoms with Crippen LogP contribution in [0.5, 0.6) is 0 Å². The van der Waals surface area contributed by atoms with Crippen molar-refractivity contribution < 1.29 is 8.42 Å². The second-order valence-electron chi connectivity index (χ2n) is 5.03. The summed E-state index contributed by atoms with van der Waals surface area (Å²) in [4.78, 5) is 0.340. The van der Waals surface area contributed by atoms with E-state index in [-0.39, 0.29) is 0 Å². The third-order valence-corrected chi connectivity index (χ3v) is 5.40. The van der Waals surface area contributed by atoms with Gasteiger partial charge in [-0.3, -0.25) is 4.31 Å². The van der Waals surface area contributed by atoms with E-state index in [9.17, 15) is 8.42 Å². The fourth-order valence-corrected chi connectivity index (χ4v) is 4.05. The molecule has 0 fully saturated rings. The minimum atomic E-state index is -3.60. The van der Waals surface area contributed by atoms with Crippen LogP contribution in [0.2, 0.25) is 0 Å². The minimum absolute atomic E-state index is 0.340. The first kappa shape index (κ1) is 15.4. The second-order valence-corrected chi connectivity index (χ2v) is 6.86. The molecule has 0 saturated heterocycles. The summed E-state index contributed by atoms with van der Waals surface area (Å²) in [7, 11) is -3.60. The van der Waals surface area contributed by atoms with Crippen molar-refractivity contribution in [3.05, 3.63) is 53.6 Å². The van der Waals surface area contributed by atoms with Gasteiger partial charge in [-0.1, -0.05) is 18.2 Å². The number of nitrogen functional groups attached to an aromatic ring is 1. The first-order valence-corrected chi connectivity index (χ1v) is 8.26. The predicted octanol–water partition coefficient (Wildman–Crippen LogP) is 3.10. The molecule has 0 unspecified atom stereocenters. The van der Waals surface area contributed by atoms with E-state index >= 15 is 0 Å². The fourth-order valence-electron chi connectivity index (χ4n) is 2.28. The summed E-state index contributed by atoms with van der Waals surface area (Å²) >= 11 is 0. The van der Waals surface area contributed by atoms with Crippen LogP contribution in [-0.2, 0) is 10.0 Å². The molecule has 0 saturated carbocycles. The Morgan fingerprint density at radius 3 is 2.43 bits per heavy atom. The number of benzene rings is 2. The first-order chi connectivity index (χ1) is 9.86. The van der Waals surface area contributed by atoms with Crippen LogP contribution in [-0.4, -0.2) is 15.0 Å². The highest BCUT2D eigenvalue weighted by Gasteiger charge is 2.25. The lowest BCUT2D eigenvalue weighted by Gasteiger charge is -2.24. The lowest BCUT2D eigenvalue weighted by molar-refractivity contribution is 0.591. The number of sulfonamides is 1. The molecule has 4 nitrogen and oxygen atoms in total. The molecule has 112 valence electrons. The van der Waals surface area contributed by atoms with Crippen molar-refractivity contribution in [2.75, 3.05) is 16.6 Å². The quantitative estimate of drug-likeness (QED) is 0.883. The zero-order valence-electron chi connectivity index (χ0n) is 12.5. The monoisotopic (exact) mass is 304 g/mol. The smallest absolute Gasteiger partial charge is 0.264 e. The van der Waals surface area contributed by atoms with Gasteiger partial charge in [-0.15, -0.1) is 0 Å². The molecule has 2 N–H and O–H groups in total. The van der Waals surface area contributed by atoms with Gasteiger partial charge >= 0.3 is 0 Å². The Balaban J connectivity index is 2.57. The SMILES string of the molecule is CCN(c1cccc(N)c1)S(=O)(=O)c1cc(C)ccc1C. The highest BCUT2D eigenvalue weighted by Crippen LogP contribution is 2.27. The van der Waals surface area contributed by atoms with Gasteiger partial charge in [0.1, 0.15) is 0 Å². The van der Waals surface area contributed by atoms with E-state index < -0.39 is 10.0 Å². The van der Waals surface area contributed by atoms with Crippen molar-refractivity contribution in [1.29, 1.82) is 0 Å². The molecule has 0 aromatic heterocycles. The molecule has 0 aliphatic heterocycles. The lowest BCUT2D eigenvalue weighted by atomic mass is 10.2. The predicted molar refractivity (Wildman–Crippen MR) is 87.0 cm³/mol. The normalized spacial score (nSPS) is 11.4. The molecule has 2 aromatic rings. The summed E-state index contributed by atoms with van der Waals surface area (Å²) in [5.74, 6) is 0. The van der Waals surface area contributed by atoms with Gasteiger partial charge in [0.2, 0.25) is 0 Å². The van der Waals surface area contributed by atoms with E-state index in [0.29, 0.717) is 22.8 Å². The van der Waals surface area contributed by atoms with Crippen LogP contribution < -0.4 is 10.0 Å². The fraction of sp³-hybridized carbons (Fsp3) is 0.250. The van der Waals surface area contributed by atoms with Gasteiger partial charge in [-0.2, -0.15) is 0 Å². The molecule has 0 bridgehead atoms. The minimum Gasteiger partial charge on any atom is -0.399 e. The Kier molecular flexibility index (Phi) is 4.23. The zero-order chi connectivity index (χ0) is 15.6. The first-order valence-electron chi connectivity index (χ1n) is 6.82. The second kappa shape index (κ2) is 5.77. The van der Waals surface area contributed by atoms with Crippen LogP contribution in [0.3, 0.4) is 0 Å². The summed E-state index contributed by atoms with van der Waals surface area (Å²) in [6.07, 6.45) is 0. The van der Waals surface area contributed by atoms with Crippen molar-refractivity contribution in [2.24, 2.45) is 0 Å². The van der Waals surface area contributed by atoms with Crippen LogP contribution in [0.1, 0.15) is 18.1 Å². The number of nitrogens with zero attached hydrogens (tertiary/aromatic N) is 1. The standard InChI is InChI=1S/C16H20N2O2S/c1-4-18(15-7-5-6-14(17)11-15)21(19,20)16-10-12(2)8-9-13(16)3/h5-11H,4,17H2,1-3H3. The highest BCUT2D eigenvalue weighted by molar-refractivity contribution is 7.92. The van der Waals surface area contributed by atoms with Gasteiger partial charge in [0.15, 0.2) is 0 Å². The van der Waals surface area contributed by atoms with Crippen LogP contribution in [0.25, 0.3) is 0 Å². The molecule has 0 amide bonds. The molecule has 0 aliphatic rings. The van der Waals surface area contributed by atoms with E-state index in [1.165, 1.54) is 4.31 Å². The number of rotatable bonds is 4. The van der Waals surface area contributed by atoms with E-state index in [4.69, 9.17) is 5.73 Å². The molecule has 0 aliphatic carbocycles. The summed E-state index contributed by atoms with van der Waals surface area (Å²) in [6, 6.07) is 12.4. The average molecular weight is 304 g/mol. The Morgan fingerprint density at radius 2 is 1.81 bits per heavy atom. The van der Waals surface area contributed by atoms with Crippen molar-refractivity contribution in [3.63, 3.8) is 0 Å². The summed E-state index contributed by atoms with van der Waals surface area (Å²) < 4.78 is 27.2. The van der Waals surface area contributed by atoms with E-state index in [0.717, 1.165) is 11.1 Å². The van der Waals surface area contributed by atoms with Gasteiger partial charge in [0.05, 0.1) is 10.6 Å². The van der Waals surface area contributed by atoms with Crippen LogP contribution in [0.15, 0.2) is 47.4 Å². The Morgan fingerprint density at radius 1 is 1.10 bits per heavy atom. The molecule has 21 heavy (non-hydrogen) atoms. The van der Waals surface area contributed by atoms with Crippen LogP contribution in [0.4, 0.5) is 11.4 Å². The number of aryl methyl sites for hydroxylation is 2. The number of nitrogens with two attached hydrogens (primary N) is 1. The summed E-state index contributed by atoms with van der Waals surface area (Å²) in [6.45, 7) is 5.85. The zero-order valence-corrected chi connectivity index (χ0v) is 13.3. The molecule has 0 radical (unpaired) electrons. The molecule has 0 heterocycles. The van der Waals surface area contributed by atoms with E-state index in [1.807, 2.05) is 26.0 Å². The van der Waals surface area contributed by atoms with Crippen molar-refractivity contribution in [2.45, 2.75) is 25.7 Å². The maximum Gasteiger partial charge on any atom is 0.264 e. The van der Waals surface area contributed by atoms with Crippen LogP contribution in [0, 0.1) is 13.8 Å². The molecular formula is C16H20N2O2S. The van der Waals surface area contributed by atoms with Gasteiger partial charge in [-0.05, 0) is 56.2 Å². The molecule has 0 spiro atoms. The summed E-state index contributed by atoms with van der Waals surface area (Å²) in [5.41, 5.74) is 8.55. The van der Waals surface area contributed by atoms with Crippen LogP contribution >= 0.6 is 0 Å². The Bertz CT molecular complexity index is 755. The van der Waals surface area contributed by atoms with Gasteiger partial charge in [0, 0.05) is 12.2 Å². The van der Waals surface area contributed by atoms with Crippen molar-refractivity contribution in [3.8, 4) is 0 Å². The third-order valence-electron chi connectivity index (χ3n) is 3.36. The number of anilines is 2. The molecule has 2 aromatic carbocycles. The van der Waals surface area contributed by atoms with E-state index in [1.54, 1.807) is 37.3 Å². The molecular weight excluding hydrogens is 284 g/mol. The van der Waals surface area contributed by atoms with Crippen molar-refractivity contribution >= 4 is 21.4 Å².